The zero-order valence-electron chi connectivity index (χ0n) is 9.59. The number of benzene rings is 2. The van der Waals surface area contributed by atoms with Crippen molar-refractivity contribution in [3.8, 4) is 5.75 Å². The second kappa shape index (κ2) is 5.99. The van der Waals surface area contributed by atoms with Gasteiger partial charge in [0.05, 0.1) is 14.5 Å². The van der Waals surface area contributed by atoms with E-state index in [1.165, 1.54) is 6.07 Å². The topological polar surface area (TPSA) is 35.2 Å². The second-order valence-corrected chi connectivity index (χ2v) is 5.42. The average Bonchev–Trinajstić information content (AvgIpc) is 2.33. The lowest BCUT2D eigenvalue weighted by Gasteiger charge is -2.12. The van der Waals surface area contributed by atoms with E-state index >= 15 is 0 Å². The van der Waals surface area contributed by atoms with Crippen LogP contribution in [0, 0.1) is 5.82 Å². The van der Waals surface area contributed by atoms with E-state index in [2.05, 4.69) is 15.9 Å². The van der Waals surface area contributed by atoms with Crippen LogP contribution in [-0.2, 0) is 6.61 Å². The number of hydrogen-bond acceptors (Lipinski definition) is 2. The zero-order valence-corrected chi connectivity index (χ0v) is 12.7. The van der Waals surface area contributed by atoms with Crippen molar-refractivity contribution in [1.29, 1.82) is 0 Å². The van der Waals surface area contributed by atoms with E-state index in [1.807, 2.05) is 0 Å². The molecular weight excluding hydrogens is 356 g/mol. The van der Waals surface area contributed by atoms with Crippen LogP contribution in [0.1, 0.15) is 5.56 Å². The summed E-state index contributed by atoms with van der Waals surface area (Å²) in [5.74, 6) is -0.0238. The maximum Gasteiger partial charge on any atom is 0.157 e. The Kier molecular flexibility index (Phi) is 4.55. The Morgan fingerprint density at radius 3 is 2.47 bits per heavy atom. The molecule has 2 nitrogen and oxygen atoms in total. The molecule has 0 radical (unpaired) electrons. The molecule has 0 saturated carbocycles. The van der Waals surface area contributed by atoms with Crippen LogP contribution in [0.15, 0.2) is 34.8 Å². The maximum absolute atomic E-state index is 13.3. The summed E-state index contributed by atoms with van der Waals surface area (Å²) in [4.78, 5) is 0. The number of rotatable bonds is 3. The molecule has 0 aliphatic heterocycles. The highest BCUT2D eigenvalue weighted by molar-refractivity contribution is 9.10. The molecule has 2 aromatic rings. The second-order valence-electron chi connectivity index (χ2n) is 3.82. The van der Waals surface area contributed by atoms with Gasteiger partial charge in [0.15, 0.2) is 5.75 Å². The fourth-order valence-electron chi connectivity index (χ4n) is 1.53. The van der Waals surface area contributed by atoms with Gasteiger partial charge < -0.3 is 10.5 Å². The molecule has 2 aromatic carbocycles. The van der Waals surface area contributed by atoms with Gasteiger partial charge in [0.25, 0.3) is 0 Å². The van der Waals surface area contributed by atoms with E-state index < -0.39 is 0 Å². The number of ether oxygens (including phenoxy) is 1. The maximum atomic E-state index is 13.3. The molecule has 0 atom stereocenters. The molecule has 0 bridgehead atoms. The van der Waals surface area contributed by atoms with Gasteiger partial charge in [-0.2, -0.15) is 0 Å². The number of halogens is 4. The van der Waals surface area contributed by atoms with Crippen molar-refractivity contribution in [1.82, 2.24) is 0 Å². The van der Waals surface area contributed by atoms with Crippen molar-refractivity contribution >= 4 is 44.8 Å². The molecule has 0 saturated heterocycles. The molecule has 19 heavy (non-hydrogen) atoms. The lowest BCUT2D eigenvalue weighted by atomic mass is 10.2. The van der Waals surface area contributed by atoms with Gasteiger partial charge in [0, 0.05) is 11.3 Å². The third-order valence-electron chi connectivity index (χ3n) is 2.42. The summed E-state index contributed by atoms with van der Waals surface area (Å²) in [5, 5.41) is 0.634. The van der Waals surface area contributed by atoms with Gasteiger partial charge in [0.2, 0.25) is 0 Å². The minimum Gasteiger partial charge on any atom is -0.486 e. The molecular formula is C13H9BrCl2FNO. The highest BCUT2D eigenvalue weighted by atomic mass is 79.9. The van der Waals surface area contributed by atoms with Crippen molar-refractivity contribution < 1.29 is 9.13 Å². The Morgan fingerprint density at radius 2 is 1.84 bits per heavy atom. The lowest BCUT2D eigenvalue weighted by molar-refractivity contribution is 0.305. The predicted octanol–water partition coefficient (Wildman–Crippen LogP) is 5.06. The van der Waals surface area contributed by atoms with Gasteiger partial charge in [-0.3, -0.25) is 0 Å². The number of nitrogens with two attached hydrogens (primary N) is 1. The molecule has 0 aliphatic rings. The van der Waals surface area contributed by atoms with Crippen molar-refractivity contribution in [2.45, 2.75) is 6.61 Å². The van der Waals surface area contributed by atoms with E-state index in [-0.39, 0.29) is 12.4 Å². The minimum atomic E-state index is -0.351. The van der Waals surface area contributed by atoms with Crippen LogP contribution < -0.4 is 10.5 Å². The first-order valence-corrected chi connectivity index (χ1v) is 6.84. The molecule has 0 fully saturated rings. The third kappa shape index (κ3) is 3.32. The summed E-state index contributed by atoms with van der Waals surface area (Å²) in [6.45, 7) is 0.141. The molecule has 100 valence electrons. The largest absolute Gasteiger partial charge is 0.486 e. The summed E-state index contributed by atoms with van der Waals surface area (Å²) < 4.78 is 19.2. The molecule has 0 unspecified atom stereocenters. The van der Waals surface area contributed by atoms with Crippen LogP contribution in [-0.4, -0.2) is 0 Å². The molecule has 6 heteroatoms. The van der Waals surface area contributed by atoms with Crippen LogP contribution in [0.2, 0.25) is 10.0 Å². The van der Waals surface area contributed by atoms with Gasteiger partial charge in [-0.1, -0.05) is 35.3 Å². The molecule has 0 aliphatic carbocycles. The molecule has 2 N–H and O–H groups in total. The highest BCUT2D eigenvalue weighted by Crippen LogP contribution is 2.36. The minimum absolute atomic E-state index is 0.141. The standard InChI is InChI=1S/C13H9BrCl2FNO/c14-12-7(2-1-3-11(12)17)6-19-13-9(15)4-8(18)5-10(13)16/h1-5H,6,18H2. The van der Waals surface area contributed by atoms with Gasteiger partial charge in [-0.05, 0) is 34.1 Å². The van der Waals surface area contributed by atoms with Gasteiger partial charge in [-0.15, -0.1) is 0 Å². The predicted molar refractivity (Wildman–Crippen MR) is 79.3 cm³/mol. The Labute approximate surface area is 128 Å². The van der Waals surface area contributed by atoms with Crippen molar-refractivity contribution in [2.75, 3.05) is 5.73 Å². The molecule has 0 heterocycles. The van der Waals surface area contributed by atoms with Crippen LogP contribution in [0.4, 0.5) is 10.1 Å². The first-order chi connectivity index (χ1) is 8.99. The number of nitrogen functional groups attached to an aromatic ring is 1. The van der Waals surface area contributed by atoms with Crippen molar-refractivity contribution in [2.24, 2.45) is 0 Å². The molecule has 0 aromatic heterocycles. The Balaban J connectivity index is 2.22. The Morgan fingerprint density at radius 1 is 1.21 bits per heavy atom. The Hall–Kier alpha value is -0.970. The third-order valence-corrected chi connectivity index (χ3v) is 3.87. The summed E-state index contributed by atoms with van der Waals surface area (Å²) in [7, 11) is 0. The SMILES string of the molecule is Nc1cc(Cl)c(OCc2cccc(F)c2Br)c(Cl)c1. The van der Waals surface area contributed by atoms with Crippen LogP contribution >= 0.6 is 39.1 Å². The van der Waals surface area contributed by atoms with E-state index in [4.69, 9.17) is 33.7 Å². The summed E-state index contributed by atoms with van der Waals surface area (Å²) in [6, 6.07) is 7.79. The fourth-order valence-corrected chi connectivity index (χ4v) is 2.52. The summed E-state index contributed by atoms with van der Waals surface area (Å²) in [6.07, 6.45) is 0. The molecule has 0 amide bonds. The van der Waals surface area contributed by atoms with Crippen LogP contribution in [0.25, 0.3) is 0 Å². The van der Waals surface area contributed by atoms with Crippen molar-refractivity contribution in [3.63, 3.8) is 0 Å². The van der Waals surface area contributed by atoms with Gasteiger partial charge >= 0.3 is 0 Å². The molecule has 2 rings (SSSR count). The summed E-state index contributed by atoms with van der Waals surface area (Å²) >= 11 is 15.2. The fraction of sp³-hybridized carbons (Fsp3) is 0.0769. The number of hydrogen-bond donors (Lipinski definition) is 1. The Bertz CT molecular complexity index is 599. The quantitative estimate of drug-likeness (QED) is 0.773. The first-order valence-electron chi connectivity index (χ1n) is 5.29. The van der Waals surface area contributed by atoms with E-state index in [0.29, 0.717) is 31.5 Å². The smallest absolute Gasteiger partial charge is 0.157 e. The van der Waals surface area contributed by atoms with Crippen molar-refractivity contribution in [3.05, 3.63) is 56.2 Å². The van der Waals surface area contributed by atoms with E-state index in [1.54, 1.807) is 24.3 Å². The summed E-state index contributed by atoms with van der Waals surface area (Å²) in [5.41, 5.74) is 6.71. The van der Waals surface area contributed by atoms with Gasteiger partial charge in [0.1, 0.15) is 12.4 Å². The highest BCUT2D eigenvalue weighted by Gasteiger charge is 2.11. The lowest BCUT2D eigenvalue weighted by Crippen LogP contribution is -1.99. The zero-order chi connectivity index (χ0) is 14.0. The monoisotopic (exact) mass is 363 g/mol. The van der Waals surface area contributed by atoms with Crippen LogP contribution in [0.5, 0.6) is 5.75 Å². The normalized spacial score (nSPS) is 10.5. The number of anilines is 1. The first kappa shape index (κ1) is 14.4. The van der Waals surface area contributed by atoms with Gasteiger partial charge in [-0.25, -0.2) is 4.39 Å². The average molecular weight is 365 g/mol. The van der Waals surface area contributed by atoms with Crippen LogP contribution in [0.3, 0.4) is 0 Å². The molecule has 0 spiro atoms. The van der Waals surface area contributed by atoms with E-state index in [9.17, 15) is 4.39 Å². The van der Waals surface area contributed by atoms with E-state index in [0.717, 1.165) is 0 Å².